The maximum Gasteiger partial charge on any atom is 0.229 e. The van der Waals surface area contributed by atoms with Crippen molar-refractivity contribution < 1.29 is 13.2 Å². The van der Waals surface area contributed by atoms with Crippen LogP contribution in [-0.2, 0) is 14.8 Å². The van der Waals surface area contributed by atoms with Gasteiger partial charge in [-0.05, 0) is 50.5 Å². The van der Waals surface area contributed by atoms with Crippen molar-refractivity contribution in [1.82, 2.24) is 0 Å². The number of amides is 1. The molecule has 4 N–H and O–H groups in total. The van der Waals surface area contributed by atoms with E-state index in [1.165, 1.54) is 0 Å². The highest BCUT2D eigenvalue weighted by Crippen LogP contribution is 2.20. The van der Waals surface area contributed by atoms with Crippen LogP contribution in [0.5, 0.6) is 0 Å². The van der Waals surface area contributed by atoms with Crippen LogP contribution < -0.4 is 15.8 Å². The average molecular weight is 313 g/mol. The van der Waals surface area contributed by atoms with Crippen LogP contribution in [0.1, 0.15) is 31.7 Å². The lowest BCUT2D eigenvalue weighted by Crippen LogP contribution is -2.17. The van der Waals surface area contributed by atoms with Crippen molar-refractivity contribution in [1.29, 1.82) is 0 Å². The van der Waals surface area contributed by atoms with Gasteiger partial charge in [-0.15, -0.1) is 0 Å². The Morgan fingerprint density at radius 3 is 2.57 bits per heavy atom. The Morgan fingerprint density at radius 1 is 1.38 bits per heavy atom. The molecule has 0 bridgehead atoms. The van der Waals surface area contributed by atoms with Crippen LogP contribution in [0.3, 0.4) is 0 Å². The summed E-state index contributed by atoms with van der Waals surface area (Å²) in [7, 11) is -3.30. The van der Waals surface area contributed by atoms with Gasteiger partial charge >= 0.3 is 0 Å². The third-order valence-corrected chi connectivity index (χ3v) is 3.46. The minimum atomic E-state index is -3.30. The first kappa shape index (κ1) is 17.5. The summed E-state index contributed by atoms with van der Waals surface area (Å²) in [5.74, 6) is -0.0705. The van der Waals surface area contributed by atoms with Gasteiger partial charge in [0.05, 0.1) is 11.9 Å². The summed E-state index contributed by atoms with van der Waals surface area (Å²) in [6, 6.07) is 5.14. The number of hydrogen-bond acceptors (Lipinski definition) is 4. The third kappa shape index (κ3) is 7.10. The Bertz CT molecular complexity index is 597. The lowest BCUT2D eigenvalue weighted by atomic mass is 10.1. The Kier molecular flexibility index (Phi) is 6.17. The fraction of sp³-hybridized carbons (Fsp3) is 0.500. The number of benzene rings is 1. The minimum Gasteiger partial charge on any atom is -0.328 e. The van der Waals surface area contributed by atoms with Gasteiger partial charge < -0.3 is 11.1 Å². The zero-order valence-electron chi connectivity index (χ0n) is 12.6. The smallest absolute Gasteiger partial charge is 0.229 e. The van der Waals surface area contributed by atoms with Crippen molar-refractivity contribution in [3.63, 3.8) is 0 Å². The van der Waals surface area contributed by atoms with Gasteiger partial charge in [0.1, 0.15) is 0 Å². The number of anilines is 2. The summed E-state index contributed by atoms with van der Waals surface area (Å²) in [5.41, 5.74) is 7.53. The molecule has 1 aromatic carbocycles. The van der Waals surface area contributed by atoms with Gasteiger partial charge in [0.25, 0.3) is 0 Å². The van der Waals surface area contributed by atoms with Gasteiger partial charge in [-0.2, -0.15) is 0 Å². The van der Waals surface area contributed by atoms with Crippen LogP contribution in [0.4, 0.5) is 11.4 Å². The van der Waals surface area contributed by atoms with Gasteiger partial charge in [0, 0.05) is 18.2 Å². The molecule has 0 saturated carbocycles. The number of carbonyl (C=O) groups is 1. The standard InChI is InChI=1S/C14H23N3O3S/c1-10-9-12(7-8-13(10)17-21(3,19)20)16-14(18)6-4-5-11(2)15/h7-9,11,17H,4-6,15H2,1-3H3,(H,16,18). The Balaban J connectivity index is 2.61. The fourth-order valence-corrected chi connectivity index (χ4v) is 2.49. The van der Waals surface area contributed by atoms with Gasteiger partial charge in [-0.3, -0.25) is 9.52 Å². The van der Waals surface area contributed by atoms with E-state index in [9.17, 15) is 13.2 Å². The zero-order valence-corrected chi connectivity index (χ0v) is 13.5. The number of sulfonamides is 1. The summed E-state index contributed by atoms with van der Waals surface area (Å²) >= 11 is 0. The predicted molar refractivity (Wildman–Crippen MR) is 85.8 cm³/mol. The molecular weight excluding hydrogens is 290 g/mol. The number of carbonyl (C=O) groups excluding carboxylic acids is 1. The molecule has 1 rings (SSSR count). The summed E-state index contributed by atoms with van der Waals surface area (Å²) in [6.45, 7) is 3.69. The van der Waals surface area contributed by atoms with E-state index in [4.69, 9.17) is 5.73 Å². The highest BCUT2D eigenvalue weighted by Gasteiger charge is 2.08. The average Bonchev–Trinajstić information content (AvgIpc) is 2.30. The molecule has 1 amide bonds. The number of nitrogens with two attached hydrogens (primary N) is 1. The first-order chi connectivity index (χ1) is 9.67. The summed E-state index contributed by atoms with van der Waals surface area (Å²) in [5, 5.41) is 2.79. The number of hydrogen-bond donors (Lipinski definition) is 3. The maximum absolute atomic E-state index is 11.8. The second-order valence-corrected chi connectivity index (χ2v) is 7.07. The molecule has 0 radical (unpaired) electrons. The molecule has 0 aromatic heterocycles. The third-order valence-electron chi connectivity index (χ3n) is 2.87. The van der Waals surface area contributed by atoms with E-state index in [2.05, 4.69) is 10.0 Å². The van der Waals surface area contributed by atoms with Crippen molar-refractivity contribution >= 4 is 27.3 Å². The maximum atomic E-state index is 11.8. The van der Waals surface area contributed by atoms with Crippen LogP contribution in [0, 0.1) is 6.92 Å². The molecule has 6 nitrogen and oxygen atoms in total. The molecule has 0 heterocycles. The number of aryl methyl sites for hydroxylation is 1. The molecule has 7 heteroatoms. The van der Waals surface area contributed by atoms with Crippen LogP contribution in [-0.4, -0.2) is 26.6 Å². The van der Waals surface area contributed by atoms with Gasteiger partial charge in [-0.1, -0.05) is 0 Å². The quantitative estimate of drug-likeness (QED) is 0.714. The molecule has 0 aliphatic carbocycles. The van der Waals surface area contributed by atoms with Gasteiger partial charge in [0.15, 0.2) is 0 Å². The molecule has 0 aliphatic rings. The van der Waals surface area contributed by atoms with Crippen molar-refractivity contribution in [2.24, 2.45) is 5.73 Å². The molecule has 1 aromatic rings. The van der Waals surface area contributed by atoms with Crippen LogP contribution >= 0.6 is 0 Å². The predicted octanol–water partition coefficient (Wildman–Crippen LogP) is 1.82. The molecule has 0 fully saturated rings. The normalized spacial score (nSPS) is 12.8. The fourth-order valence-electron chi connectivity index (χ4n) is 1.86. The Hall–Kier alpha value is -1.60. The lowest BCUT2D eigenvalue weighted by Gasteiger charge is -2.11. The van der Waals surface area contributed by atoms with E-state index in [-0.39, 0.29) is 11.9 Å². The van der Waals surface area contributed by atoms with E-state index < -0.39 is 10.0 Å². The molecule has 1 atom stereocenters. The first-order valence-electron chi connectivity index (χ1n) is 6.81. The summed E-state index contributed by atoms with van der Waals surface area (Å²) in [6.07, 6.45) is 3.07. The minimum absolute atomic E-state index is 0.0705. The van der Waals surface area contributed by atoms with E-state index >= 15 is 0 Å². The van der Waals surface area contributed by atoms with E-state index in [1.54, 1.807) is 25.1 Å². The molecule has 118 valence electrons. The monoisotopic (exact) mass is 313 g/mol. The molecule has 1 unspecified atom stereocenters. The first-order valence-corrected chi connectivity index (χ1v) is 8.70. The highest BCUT2D eigenvalue weighted by atomic mass is 32.2. The molecule has 0 saturated heterocycles. The topological polar surface area (TPSA) is 101 Å². The van der Waals surface area contributed by atoms with E-state index in [0.29, 0.717) is 17.8 Å². The molecular formula is C14H23N3O3S. The largest absolute Gasteiger partial charge is 0.328 e. The Labute approximate surface area is 126 Å². The van der Waals surface area contributed by atoms with Crippen molar-refractivity contribution in [3.8, 4) is 0 Å². The highest BCUT2D eigenvalue weighted by molar-refractivity contribution is 7.92. The van der Waals surface area contributed by atoms with Gasteiger partial charge in [0.2, 0.25) is 15.9 Å². The van der Waals surface area contributed by atoms with Crippen LogP contribution in [0.2, 0.25) is 0 Å². The summed E-state index contributed by atoms with van der Waals surface area (Å²) in [4.78, 5) is 11.8. The van der Waals surface area contributed by atoms with E-state index in [1.807, 2.05) is 6.92 Å². The lowest BCUT2D eigenvalue weighted by molar-refractivity contribution is -0.116. The van der Waals surface area contributed by atoms with E-state index in [0.717, 1.165) is 24.7 Å². The second kappa shape index (κ2) is 7.42. The number of rotatable bonds is 7. The number of nitrogens with one attached hydrogen (secondary N) is 2. The second-order valence-electron chi connectivity index (χ2n) is 5.32. The molecule has 0 aliphatic heterocycles. The van der Waals surface area contributed by atoms with Crippen LogP contribution in [0.15, 0.2) is 18.2 Å². The van der Waals surface area contributed by atoms with Crippen molar-refractivity contribution in [2.45, 2.75) is 39.2 Å². The zero-order chi connectivity index (χ0) is 16.0. The van der Waals surface area contributed by atoms with Crippen molar-refractivity contribution in [2.75, 3.05) is 16.3 Å². The Morgan fingerprint density at radius 2 is 2.05 bits per heavy atom. The SMILES string of the molecule is Cc1cc(NC(=O)CCCC(C)N)ccc1NS(C)(=O)=O. The summed E-state index contributed by atoms with van der Waals surface area (Å²) < 4.78 is 24.8. The van der Waals surface area contributed by atoms with Crippen LogP contribution in [0.25, 0.3) is 0 Å². The van der Waals surface area contributed by atoms with Gasteiger partial charge in [-0.25, -0.2) is 8.42 Å². The molecule has 0 spiro atoms. The van der Waals surface area contributed by atoms with Crippen molar-refractivity contribution in [3.05, 3.63) is 23.8 Å². The molecule has 21 heavy (non-hydrogen) atoms.